The van der Waals surface area contributed by atoms with E-state index in [0.717, 1.165) is 28.1 Å². The molecule has 0 unspecified atom stereocenters. The van der Waals surface area contributed by atoms with Crippen LogP contribution in [-0.4, -0.2) is 35.7 Å². The molecule has 0 fully saturated rings. The summed E-state index contributed by atoms with van der Waals surface area (Å²) in [6, 6.07) is 5.25. The minimum Gasteiger partial charge on any atom is -0.497 e. The maximum Gasteiger partial charge on any atom is 0.176 e. The number of nitrogens with zero attached hydrogens (tertiary/aromatic N) is 2. The van der Waals surface area contributed by atoms with Crippen molar-refractivity contribution in [2.45, 2.75) is 24.3 Å². The summed E-state index contributed by atoms with van der Waals surface area (Å²) in [5, 5.41) is 2.04. The molecule has 0 spiro atoms. The van der Waals surface area contributed by atoms with E-state index in [4.69, 9.17) is 9.47 Å². The lowest BCUT2D eigenvalue weighted by molar-refractivity contribution is 0.101. The molecule has 2 aromatic heterocycles. The minimum atomic E-state index is 0.00754. The van der Waals surface area contributed by atoms with Gasteiger partial charge in [0.15, 0.2) is 5.78 Å². The van der Waals surface area contributed by atoms with Crippen LogP contribution in [0.15, 0.2) is 29.6 Å². The van der Waals surface area contributed by atoms with Gasteiger partial charge in [-0.25, -0.2) is 9.97 Å². The van der Waals surface area contributed by atoms with Gasteiger partial charge in [-0.15, -0.1) is 11.3 Å². The van der Waals surface area contributed by atoms with Gasteiger partial charge in [-0.1, -0.05) is 11.8 Å². The van der Waals surface area contributed by atoms with Crippen molar-refractivity contribution < 1.29 is 14.3 Å². The lowest BCUT2D eigenvalue weighted by Crippen LogP contribution is -2.05. The van der Waals surface area contributed by atoms with Crippen molar-refractivity contribution in [2.75, 3.05) is 20.0 Å². The van der Waals surface area contributed by atoms with Crippen LogP contribution >= 0.6 is 23.1 Å². The molecule has 0 saturated heterocycles. The molecule has 1 aliphatic rings. The summed E-state index contributed by atoms with van der Waals surface area (Å²) >= 11 is 3.23. The van der Waals surface area contributed by atoms with Gasteiger partial charge in [-0.3, -0.25) is 4.79 Å². The number of carbonyl (C=O) groups is 1. The van der Waals surface area contributed by atoms with Crippen LogP contribution in [0.2, 0.25) is 0 Å². The molecule has 5 nitrogen and oxygen atoms in total. The first-order chi connectivity index (χ1) is 12.7. The van der Waals surface area contributed by atoms with Crippen LogP contribution in [0.3, 0.4) is 0 Å². The smallest absolute Gasteiger partial charge is 0.176 e. The highest BCUT2D eigenvalue weighted by molar-refractivity contribution is 8.00. The van der Waals surface area contributed by atoms with Crippen LogP contribution in [0.25, 0.3) is 10.2 Å². The maximum atomic E-state index is 12.7. The summed E-state index contributed by atoms with van der Waals surface area (Å²) in [5.74, 6) is 1.50. The second kappa shape index (κ2) is 7.25. The second-order valence-electron chi connectivity index (χ2n) is 5.99. The van der Waals surface area contributed by atoms with E-state index in [-0.39, 0.29) is 5.78 Å². The van der Waals surface area contributed by atoms with Crippen molar-refractivity contribution >= 4 is 39.1 Å². The predicted molar refractivity (Wildman–Crippen MR) is 104 cm³/mol. The van der Waals surface area contributed by atoms with E-state index < -0.39 is 0 Å². The second-order valence-corrected chi connectivity index (χ2v) is 8.04. The molecule has 1 aliphatic carbocycles. The Morgan fingerprint density at radius 2 is 2.12 bits per heavy atom. The number of ketones is 1. The lowest BCUT2D eigenvalue weighted by Gasteiger charge is -2.09. The number of hydrogen-bond acceptors (Lipinski definition) is 7. The molecule has 1 aromatic carbocycles. The zero-order valence-corrected chi connectivity index (χ0v) is 16.2. The molecule has 2 heterocycles. The predicted octanol–water partition coefficient (Wildman–Crippen LogP) is 4.17. The zero-order chi connectivity index (χ0) is 18.1. The Balaban J connectivity index is 1.58. The third kappa shape index (κ3) is 3.05. The van der Waals surface area contributed by atoms with Gasteiger partial charge in [0, 0.05) is 16.3 Å². The fourth-order valence-corrected chi connectivity index (χ4v) is 5.45. The van der Waals surface area contributed by atoms with Gasteiger partial charge in [0.25, 0.3) is 0 Å². The third-order valence-electron chi connectivity index (χ3n) is 4.52. The normalized spacial score (nSPS) is 13.0. The van der Waals surface area contributed by atoms with Gasteiger partial charge in [0.2, 0.25) is 0 Å². The molecule has 0 saturated carbocycles. The van der Waals surface area contributed by atoms with E-state index in [2.05, 4.69) is 9.97 Å². The van der Waals surface area contributed by atoms with E-state index >= 15 is 0 Å². The van der Waals surface area contributed by atoms with Crippen LogP contribution in [0.1, 0.15) is 27.2 Å². The molecule has 0 bridgehead atoms. The largest absolute Gasteiger partial charge is 0.497 e. The van der Waals surface area contributed by atoms with Crippen molar-refractivity contribution in [3.05, 3.63) is 40.5 Å². The average Bonchev–Trinajstić information content (AvgIpc) is 3.26. The van der Waals surface area contributed by atoms with Gasteiger partial charge in [0.1, 0.15) is 27.7 Å². The lowest BCUT2D eigenvalue weighted by atomic mass is 10.1. The van der Waals surface area contributed by atoms with Gasteiger partial charge < -0.3 is 9.47 Å². The summed E-state index contributed by atoms with van der Waals surface area (Å²) in [6.07, 6.45) is 4.99. The number of benzene rings is 1. The summed E-state index contributed by atoms with van der Waals surface area (Å²) < 4.78 is 10.5. The molecule has 0 atom stereocenters. The molecule has 0 N–H and O–H groups in total. The van der Waals surface area contributed by atoms with Crippen molar-refractivity contribution in [1.29, 1.82) is 0 Å². The van der Waals surface area contributed by atoms with Crippen molar-refractivity contribution in [2.24, 2.45) is 0 Å². The van der Waals surface area contributed by atoms with E-state index in [1.54, 1.807) is 50.1 Å². The SMILES string of the molecule is COc1ccc(C(=O)CSc2ncnc3sc4c(c23)CCC4)c(OC)c1. The highest BCUT2D eigenvalue weighted by Gasteiger charge is 2.22. The summed E-state index contributed by atoms with van der Waals surface area (Å²) in [6.45, 7) is 0. The quantitative estimate of drug-likeness (QED) is 0.360. The highest BCUT2D eigenvalue weighted by atomic mass is 32.2. The molecular formula is C19H18N2O3S2. The van der Waals surface area contributed by atoms with E-state index in [1.165, 1.54) is 28.6 Å². The van der Waals surface area contributed by atoms with E-state index in [1.807, 2.05) is 0 Å². The van der Waals surface area contributed by atoms with Crippen LogP contribution in [0.4, 0.5) is 0 Å². The Kier molecular flexibility index (Phi) is 4.82. The average molecular weight is 386 g/mol. The Morgan fingerprint density at radius 1 is 1.23 bits per heavy atom. The molecule has 3 aromatic rings. The maximum absolute atomic E-state index is 12.7. The monoisotopic (exact) mass is 386 g/mol. The molecule has 7 heteroatoms. The van der Waals surface area contributed by atoms with Crippen molar-refractivity contribution in [3.8, 4) is 11.5 Å². The Labute approximate surface area is 159 Å². The van der Waals surface area contributed by atoms with Crippen LogP contribution in [-0.2, 0) is 12.8 Å². The first-order valence-electron chi connectivity index (χ1n) is 8.34. The summed E-state index contributed by atoms with van der Waals surface area (Å²) in [7, 11) is 3.15. The summed E-state index contributed by atoms with van der Waals surface area (Å²) in [5.41, 5.74) is 1.93. The van der Waals surface area contributed by atoms with Crippen molar-refractivity contribution in [1.82, 2.24) is 9.97 Å². The molecule has 4 rings (SSSR count). The topological polar surface area (TPSA) is 61.3 Å². The standard InChI is InChI=1S/C19H18N2O3S2/c1-23-11-6-7-12(15(8-11)24-2)14(22)9-25-18-17-13-4-3-5-16(13)26-19(17)21-10-20-18/h6-8,10H,3-5,9H2,1-2H3. The molecule has 0 amide bonds. The number of ether oxygens (including phenoxy) is 2. The number of thiophene rings is 1. The number of fused-ring (bicyclic) bond motifs is 3. The molecule has 0 aliphatic heterocycles. The van der Waals surface area contributed by atoms with Gasteiger partial charge in [-0.05, 0) is 37.0 Å². The first kappa shape index (κ1) is 17.3. The number of carbonyl (C=O) groups excluding carboxylic acids is 1. The Bertz CT molecular complexity index is 984. The zero-order valence-electron chi connectivity index (χ0n) is 14.6. The first-order valence-corrected chi connectivity index (χ1v) is 10.1. The van der Waals surface area contributed by atoms with Crippen LogP contribution in [0, 0.1) is 0 Å². The molecule has 134 valence electrons. The number of aromatic nitrogens is 2. The van der Waals surface area contributed by atoms with Crippen LogP contribution in [0.5, 0.6) is 11.5 Å². The molecule has 0 radical (unpaired) electrons. The van der Waals surface area contributed by atoms with Gasteiger partial charge >= 0.3 is 0 Å². The Morgan fingerprint density at radius 3 is 2.92 bits per heavy atom. The number of methoxy groups -OCH3 is 2. The van der Waals surface area contributed by atoms with E-state index in [0.29, 0.717) is 22.8 Å². The summed E-state index contributed by atoms with van der Waals surface area (Å²) in [4.78, 5) is 24.0. The minimum absolute atomic E-state index is 0.00754. The fourth-order valence-electron chi connectivity index (χ4n) is 3.25. The third-order valence-corrected chi connectivity index (χ3v) is 6.70. The Hall–Kier alpha value is -2.12. The van der Waals surface area contributed by atoms with Crippen molar-refractivity contribution in [3.63, 3.8) is 0 Å². The molecular weight excluding hydrogens is 368 g/mol. The van der Waals surface area contributed by atoms with Crippen LogP contribution < -0.4 is 9.47 Å². The number of hydrogen-bond donors (Lipinski definition) is 0. The fraction of sp³-hybridized carbons (Fsp3) is 0.316. The number of thioether (sulfide) groups is 1. The number of rotatable bonds is 6. The highest BCUT2D eigenvalue weighted by Crippen LogP contribution is 2.40. The molecule has 26 heavy (non-hydrogen) atoms. The number of aryl methyl sites for hydroxylation is 2. The van der Waals surface area contributed by atoms with Gasteiger partial charge in [0.05, 0.1) is 25.5 Å². The number of Topliss-reactive ketones (excluding diaryl/α,β-unsaturated/α-hetero) is 1. The van der Waals surface area contributed by atoms with Gasteiger partial charge in [-0.2, -0.15) is 0 Å². The van der Waals surface area contributed by atoms with E-state index in [9.17, 15) is 4.79 Å².